The van der Waals surface area contributed by atoms with Gasteiger partial charge in [0, 0.05) is 39.9 Å². The van der Waals surface area contributed by atoms with Gasteiger partial charge in [-0.25, -0.2) is 13.4 Å². The minimum Gasteiger partial charge on any atom is -0.385 e. The van der Waals surface area contributed by atoms with Crippen LogP contribution >= 0.6 is 0 Å². The number of methoxy groups -OCH3 is 1. The molecule has 0 atom stereocenters. The molecule has 120 valence electrons. The number of pyridine rings is 1. The van der Waals surface area contributed by atoms with Crippen molar-refractivity contribution >= 4 is 15.7 Å². The second-order valence-electron chi connectivity index (χ2n) is 5.06. The van der Waals surface area contributed by atoms with Crippen LogP contribution in [0.2, 0.25) is 0 Å². The Labute approximate surface area is 131 Å². The first-order valence-corrected chi connectivity index (χ1v) is 8.75. The van der Waals surface area contributed by atoms with E-state index in [9.17, 15) is 8.42 Å². The van der Waals surface area contributed by atoms with Crippen molar-refractivity contribution in [1.82, 2.24) is 9.29 Å². The molecule has 0 spiro atoms. The van der Waals surface area contributed by atoms with E-state index in [4.69, 9.17) is 10.00 Å². The predicted molar refractivity (Wildman–Crippen MR) is 83.0 cm³/mol. The van der Waals surface area contributed by atoms with Crippen LogP contribution in [0.1, 0.15) is 12.1 Å². The Bertz CT molecular complexity index is 616. The molecular weight excluding hydrogens is 304 g/mol. The maximum Gasteiger partial charge on any atom is 0.214 e. The number of nitriles is 1. The lowest BCUT2D eigenvalue weighted by molar-refractivity contribution is 0.199. The molecule has 1 aromatic rings. The van der Waals surface area contributed by atoms with Gasteiger partial charge in [-0.15, -0.1) is 0 Å². The van der Waals surface area contributed by atoms with E-state index in [2.05, 4.69) is 9.88 Å². The van der Waals surface area contributed by atoms with E-state index >= 15 is 0 Å². The Morgan fingerprint density at radius 3 is 2.59 bits per heavy atom. The molecule has 1 saturated heterocycles. The lowest BCUT2D eigenvalue weighted by Gasteiger charge is -2.35. The fraction of sp³-hybridized carbons (Fsp3) is 0.571. The van der Waals surface area contributed by atoms with Gasteiger partial charge in [-0.05, 0) is 18.6 Å². The van der Waals surface area contributed by atoms with Gasteiger partial charge in [-0.3, -0.25) is 0 Å². The van der Waals surface area contributed by atoms with Gasteiger partial charge in [-0.2, -0.15) is 9.57 Å². The number of anilines is 1. The Balaban J connectivity index is 1.90. The van der Waals surface area contributed by atoms with Gasteiger partial charge >= 0.3 is 0 Å². The molecule has 1 aromatic heterocycles. The SMILES string of the molecule is COCCCS(=O)(=O)N1CCN(c2ccc(C#N)nc2)CC1. The number of sulfonamides is 1. The normalized spacial score (nSPS) is 16.5. The van der Waals surface area contributed by atoms with Crippen molar-refractivity contribution in [3.63, 3.8) is 0 Å². The number of rotatable bonds is 6. The molecule has 0 amide bonds. The van der Waals surface area contributed by atoms with Gasteiger partial charge in [0.1, 0.15) is 11.8 Å². The minimum atomic E-state index is -3.20. The van der Waals surface area contributed by atoms with Gasteiger partial charge in [0.15, 0.2) is 0 Å². The van der Waals surface area contributed by atoms with Gasteiger partial charge in [-0.1, -0.05) is 0 Å². The highest BCUT2D eigenvalue weighted by Crippen LogP contribution is 2.17. The lowest BCUT2D eigenvalue weighted by Crippen LogP contribution is -2.49. The van der Waals surface area contributed by atoms with Crippen LogP contribution in [-0.4, -0.2) is 63.4 Å². The van der Waals surface area contributed by atoms with Crippen molar-refractivity contribution in [2.75, 3.05) is 50.5 Å². The topological polar surface area (TPSA) is 86.5 Å². The van der Waals surface area contributed by atoms with Gasteiger partial charge in [0.05, 0.1) is 17.6 Å². The van der Waals surface area contributed by atoms with E-state index in [0.29, 0.717) is 44.9 Å². The molecule has 22 heavy (non-hydrogen) atoms. The molecule has 2 rings (SSSR count). The molecule has 7 nitrogen and oxygen atoms in total. The summed E-state index contributed by atoms with van der Waals surface area (Å²) in [5, 5.41) is 8.74. The third kappa shape index (κ3) is 4.16. The van der Waals surface area contributed by atoms with Crippen LogP contribution in [-0.2, 0) is 14.8 Å². The highest BCUT2D eigenvalue weighted by molar-refractivity contribution is 7.89. The first-order chi connectivity index (χ1) is 10.6. The van der Waals surface area contributed by atoms with Gasteiger partial charge in [0.25, 0.3) is 0 Å². The Kier molecular flexibility index (Phi) is 5.71. The summed E-state index contributed by atoms with van der Waals surface area (Å²) >= 11 is 0. The molecule has 0 aliphatic carbocycles. The zero-order valence-electron chi connectivity index (χ0n) is 12.6. The van der Waals surface area contributed by atoms with E-state index in [1.54, 1.807) is 19.4 Å². The number of aromatic nitrogens is 1. The van der Waals surface area contributed by atoms with E-state index in [-0.39, 0.29) is 5.75 Å². The van der Waals surface area contributed by atoms with Crippen LogP contribution in [0.25, 0.3) is 0 Å². The minimum absolute atomic E-state index is 0.124. The number of nitrogens with zero attached hydrogens (tertiary/aromatic N) is 4. The summed E-state index contributed by atoms with van der Waals surface area (Å²) in [6.07, 6.45) is 2.17. The first kappa shape index (κ1) is 16.7. The third-order valence-corrected chi connectivity index (χ3v) is 5.57. The van der Waals surface area contributed by atoms with Crippen LogP contribution in [0.15, 0.2) is 18.3 Å². The lowest BCUT2D eigenvalue weighted by atomic mass is 10.3. The number of piperazine rings is 1. The molecule has 1 aliphatic rings. The van der Waals surface area contributed by atoms with Crippen molar-refractivity contribution in [2.45, 2.75) is 6.42 Å². The summed E-state index contributed by atoms with van der Waals surface area (Å²) in [6, 6.07) is 5.49. The highest BCUT2D eigenvalue weighted by Gasteiger charge is 2.26. The molecule has 0 aromatic carbocycles. The molecule has 0 bridgehead atoms. The summed E-state index contributed by atoms with van der Waals surface area (Å²) < 4.78 is 30.8. The average Bonchev–Trinajstić information content (AvgIpc) is 2.55. The van der Waals surface area contributed by atoms with Crippen molar-refractivity contribution in [2.24, 2.45) is 0 Å². The summed E-state index contributed by atoms with van der Waals surface area (Å²) in [5.41, 5.74) is 1.29. The Hall–Kier alpha value is -1.69. The van der Waals surface area contributed by atoms with Gasteiger partial charge < -0.3 is 9.64 Å². The molecule has 0 saturated carbocycles. The number of hydrogen-bond donors (Lipinski definition) is 0. The number of ether oxygens (including phenoxy) is 1. The molecular formula is C14H20N4O3S. The molecule has 0 N–H and O–H groups in total. The van der Waals surface area contributed by atoms with Gasteiger partial charge in [0.2, 0.25) is 10.0 Å². The smallest absolute Gasteiger partial charge is 0.214 e. The second-order valence-corrected chi connectivity index (χ2v) is 7.15. The molecule has 0 unspecified atom stereocenters. The summed E-state index contributed by atoms with van der Waals surface area (Å²) in [5.74, 6) is 0.124. The van der Waals surface area contributed by atoms with Crippen molar-refractivity contribution < 1.29 is 13.2 Å². The molecule has 0 radical (unpaired) electrons. The van der Waals surface area contributed by atoms with Crippen molar-refractivity contribution in [3.05, 3.63) is 24.0 Å². The molecule has 8 heteroatoms. The Morgan fingerprint density at radius 2 is 2.05 bits per heavy atom. The third-order valence-electron chi connectivity index (χ3n) is 3.61. The van der Waals surface area contributed by atoms with Crippen LogP contribution < -0.4 is 4.90 Å². The van der Waals surface area contributed by atoms with Crippen LogP contribution in [0.3, 0.4) is 0 Å². The fourth-order valence-electron chi connectivity index (χ4n) is 2.38. The molecule has 1 aliphatic heterocycles. The van der Waals surface area contributed by atoms with Crippen LogP contribution in [0.4, 0.5) is 5.69 Å². The number of hydrogen-bond acceptors (Lipinski definition) is 6. The molecule has 1 fully saturated rings. The van der Waals surface area contributed by atoms with E-state index in [1.807, 2.05) is 12.1 Å². The second kappa shape index (κ2) is 7.54. The Morgan fingerprint density at radius 1 is 1.32 bits per heavy atom. The van der Waals surface area contributed by atoms with E-state index in [1.165, 1.54) is 4.31 Å². The van der Waals surface area contributed by atoms with E-state index < -0.39 is 10.0 Å². The zero-order valence-corrected chi connectivity index (χ0v) is 13.4. The summed E-state index contributed by atoms with van der Waals surface area (Å²) in [7, 11) is -1.64. The molecule has 2 heterocycles. The quantitative estimate of drug-likeness (QED) is 0.706. The van der Waals surface area contributed by atoms with Crippen molar-refractivity contribution in [1.29, 1.82) is 5.26 Å². The maximum absolute atomic E-state index is 12.2. The summed E-state index contributed by atoms with van der Waals surface area (Å²) in [6.45, 7) is 2.63. The monoisotopic (exact) mass is 324 g/mol. The summed E-state index contributed by atoms with van der Waals surface area (Å²) in [4.78, 5) is 6.12. The highest BCUT2D eigenvalue weighted by atomic mass is 32.2. The fourth-order valence-corrected chi connectivity index (χ4v) is 3.84. The standard InChI is InChI=1S/C14H20N4O3S/c1-21-9-2-10-22(19,20)18-7-5-17(6-8-18)14-4-3-13(11-15)16-12-14/h3-4,12H,2,5-10H2,1H3. The maximum atomic E-state index is 12.2. The average molecular weight is 324 g/mol. The van der Waals surface area contributed by atoms with Crippen LogP contribution in [0, 0.1) is 11.3 Å². The van der Waals surface area contributed by atoms with Crippen molar-refractivity contribution in [3.8, 4) is 6.07 Å². The van der Waals surface area contributed by atoms with E-state index in [0.717, 1.165) is 5.69 Å². The zero-order chi connectivity index (χ0) is 16.0. The van der Waals surface area contributed by atoms with Crippen LogP contribution in [0.5, 0.6) is 0 Å². The largest absolute Gasteiger partial charge is 0.385 e. The first-order valence-electron chi connectivity index (χ1n) is 7.14. The predicted octanol–water partition coefficient (Wildman–Crippen LogP) is 0.442.